The molecule has 0 aliphatic heterocycles. The molecule has 0 fully saturated rings. The van der Waals surface area contributed by atoms with Crippen LogP contribution in [0.2, 0.25) is 0 Å². The Kier molecular flexibility index (Phi) is 3.52. The molecule has 0 unspecified atom stereocenters. The van der Waals surface area contributed by atoms with E-state index in [2.05, 4.69) is 14.7 Å². The van der Waals surface area contributed by atoms with Crippen LogP contribution in [0, 0.1) is 0 Å². The summed E-state index contributed by atoms with van der Waals surface area (Å²) in [5.74, 6) is 0.910. The summed E-state index contributed by atoms with van der Waals surface area (Å²) < 4.78 is 33.4. The van der Waals surface area contributed by atoms with Gasteiger partial charge in [0.2, 0.25) is 12.2 Å². The van der Waals surface area contributed by atoms with Crippen molar-refractivity contribution in [1.82, 2.24) is 10.1 Å². The molecule has 0 saturated carbocycles. The van der Waals surface area contributed by atoms with E-state index < -0.39 is 9.05 Å². The second kappa shape index (κ2) is 5.34. The number of fused-ring (bicyclic) bond motifs is 1. The lowest BCUT2D eigenvalue weighted by Gasteiger charge is -2.10. The number of nitrogens with zero attached hydrogens (tertiary/aromatic N) is 2. The van der Waals surface area contributed by atoms with E-state index in [1.807, 2.05) is 0 Å². The SMILES string of the molecule is O=S(=O)(Cl)c1ccc(OCc2ncon2)c2ccccc12. The molecular weight excluding hydrogens is 316 g/mol. The summed E-state index contributed by atoms with van der Waals surface area (Å²) >= 11 is 0. The third-order valence-corrected chi connectivity index (χ3v) is 4.25. The average Bonchev–Trinajstić information content (AvgIpc) is 2.96. The topological polar surface area (TPSA) is 82.3 Å². The quantitative estimate of drug-likeness (QED) is 0.686. The average molecular weight is 325 g/mol. The highest BCUT2D eigenvalue weighted by atomic mass is 35.7. The van der Waals surface area contributed by atoms with Crippen LogP contribution in [0.4, 0.5) is 0 Å². The molecule has 8 heteroatoms. The van der Waals surface area contributed by atoms with Gasteiger partial charge in [0, 0.05) is 21.5 Å². The first kappa shape index (κ1) is 13.8. The van der Waals surface area contributed by atoms with E-state index in [1.165, 1.54) is 12.5 Å². The minimum Gasteiger partial charge on any atom is -0.485 e. The van der Waals surface area contributed by atoms with Gasteiger partial charge >= 0.3 is 0 Å². The van der Waals surface area contributed by atoms with Crippen molar-refractivity contribution < 1.29 is 17.7 Å². The van der Waals surface area contributed by atoms with Crippen molar-refractivity contribution in [2.45, 2.75) is 11.5 Å². The molecule has 0 atom stereocenters. The summed E-state index contributed by atoms with van der Waals surface area (Å²) in [6, 6.07) is 9.91. The zero-order chi connectivity index (χ0) is 14.9. The van der Waals surface area contributed by atoms with E-state index in [-0.39, 0.29) is 11.5 Å². The van der Waals surface area contributed by atoms with E-state index in [9.17, 15) is 8.42 Å². The van der Waals surface area contributed by atoms with Crippen molar-refractivity contribution in [1.29, 1.82) is 0 Å². The van der Waals surface area contributed by atoms with Gasteiger partial charge in [-0.25, -0.2) is 8.42 Å². The number of benzene rings is 2. The van der Waals surface area contributed by atoms with Crippen molar-refractivity contribution in [3.8, 4) is 5.75 Å². The first-order valence-corrected chi connectivity index (χ1v) is 8.21. The molecule has 0 radical (unpaired) electrons. The highest BCUT2D eigenvalue weighted by Gasteiger charge is 2.16. The number of halogens is 1. The van der Waals surface area contributed by atoms with Crippen LogP contribution in [0.1, 0.15) is 5.82 Å². The number of rotatable bonds is 4. The van der Waals surface area contributed by atoms with Gasteiger partial charge in [0.25, 0.3) is 9.05 Å². The predicted octanol–water partition coefficient (Wildman–Crippen LogP) is 2.73. The summed E-state index contributed by atoms with van der Waals surface area (Å²) in [5.41, 5.74) is 0. The van der Waals surface area contributed by atoms with Gasteiger partial charge in [-0.1, -0.05) is 29.4 Å². The summed E-state index contributed by atoms with van der Waals surface area (Å²) in [4.78, 5) is 3.90. The highest BCUT2D eigenvalue weighted by Crippen LogP contribution is 2.32. The first-order chi connectivity index (χ1) is 10.1. The van der Waals surface area contributed by atoms with Gasteiger partial charge in [-0.15, -0.1) is 0 Å². The minimum absolute atomic E-state index is 0.0478. The Labute approximate surface area is 124 Å². The number of hydrogen-bond donors (Lipinski definition) is 0. The lowest BCUT2D eigenvalue weighted by atomic mass is 10.1. The zero-order valence-corrected chi connectivity index (χ0v) is 12.1. The molecule has 0 aliphatic rings. The van der Waals surface area contributed by atoms with Crippen molar-refractivity contribution >= 4 is 30.5 Å². The Morgan fingerprint density at radius 2 is 1.90 bits per heavy atom. The van der Waals surface area contributed by atoms with Crippen molar-refractivity contribution in [2.75, 3.05) is 0 Å². The fraction of sp³-hybridized carbons (Fsp3) is 0.0769. The molecule has 0 spiro atoms. The molecule has 0 bridgehead atoms. The van der Waals surface area contributed by atoms with Gasteiger partial charge < -0.3 is 9.26 Å². The maximum absolute atomic E-state index is 11.6. The molecular formula is C13H9ClN2O4S. The first-order valence-electron chi connectivity index (χ1n) is 5.90. The molecule has 108 valence electrons. The molecule has 0 amide bonds. The van der Waals surface area contributed by atoms with Crippen LogP contribution in [0.15, 0.2) is 52.2 Å². The van der Waals surface area contributed by atoms with E-state index in [4.69, 9.17) is 15.4 Å². The van der Waals surface area contributed by atoms with Crippen molar-refractivity contribution in [2.24, 2.45) is 0 Å². The van der Waals surface area contributed by atoms with Crippen LogP contribution in [0.3, 0.4) is 0 Å². The third kappa shape index (κ3) is 2.84. The molecule has 0 saturated heterocycles. The maximum atomic E-state index is 11.6. The van der Waals surface area contributed by atoms with Gasteiger partial charge in [-0.2, -0.15) is 4.98 Å². The van der Waals surface area contributed by atoms with Crippen LogP contribution >= 0.6 is 10.7 Å². The Hall–Kier alpha value is -2.12. The highest BCUT2D eigenvalue weighted by molar-refractivity contribution is 8.14. The Bertz CT molecular complexity index is 878. The molecule has 0 N–H and O–H groups in total. The van der Waals surface area contributed by atoms with Gasteiger partial charge in [0.15, 0.2) is 6.61 Å². The normalized spacial score (nSPS) is 11.7. The number of ether oxygens (including phenoxy) is 1. The van der Waals surface area contributed by atoms with Crippen LogP contribution < -0.4 is 4.74 Å². The van der Waals surface area contributed by atoms with Crippen molar-refractivity contribution in [3.63, 3.8) is 0 Å². The van der Waals surface area contributed by atoms with E-state index in [0.29, 0.717) is 22.3 Å². The Balaban J connectivity index is 2.05. The summed E-state index contributed by atoms with van der Waals surface area (Å²) in [7, 11) is 1.62. The van der Waals surface area contributed by atoms with E-state index in [0.717, 1.165) is 0 Å². The minimum atomic E-state index is -3.83. The molecule has 1 heterocycles. The zero-order valence-electron chi connectivity index (χ0n) is 10.6. The second-order valence-electron chi connectivity index (χ2n) is 4.18. The fourth-order valence-electron chi connectivity index (χ4n) is 1.98. The molecule has 1 aromatic heterocycles. The lowest BCUT2D eigenvalue weighted by Crippen LogP contribution is -1.99. The van der Waals surface area contributed by atoms with Gasteiger partial charge in [0.05, 0.1) is 4.90 Å². The van der Waals surface area contributed by atoms with E-state index >= 15 is 0 Å². The van der Waals surface area contributed by atoms with Gasteiger partial charge in [-0.05, 0) is 12.1 Å². The summed E-state index contributed by atoms with van der Waals surface area (Å²) in [6.45, 7) is 0.119. The standard InChI is InChI=1S/C13H9ClN2O4S/c14-21(17,18)12-6-5-11(9-3-1-2-4-10(9)12)19-7-13-15-8-20-16-13/h1-6,8H,7H2. The van der Waals surface area contributed by atoms with Gasteiger partial charge in [0.1, 0.15) is 5.75 Å². The monoisotopic (exact) mass is 324 g/mol. The molecule has 2 aromatic carbocycles. The molecule has 3 aromatic rings. The molecule has 3 rings (SSSR count). The smallest absolute Gasteiger partial charge is 0.261 e. The van der Waals surface area contributed by atoms with Crippen LogP contribution in [-0.2, 0) is 15.7 Å². The van der Waals surface area contributed by atoms with E-state index in [1.54, 1.807) is 30.3 Å². The predicted molar refractivity (Wildman–Crippen MR) is 75.6 cm³/mol. The van der Waals surface area contributed by atoms with Crippen LogP contribution in [-0.4, -0.2) is 18.6 Å². The van der Waals surface area contributed by atoms with Crippen molar-refractivity contribution in [3.05, 3.63) is 48.6 Å². The number of aromatic nitrogens is 2. The second-order valence-corrected chi connectivity index (χ2v) is 6.72. The molecule has 21 heavy (non-hydrogen) atoms. The van der Waals surface area contributed by atoms with Crippen LogP contribution in [0.5, 0.6) is 5.75 Å². The lowest BCUT2D eigenvalue weighted by molar-refractivity contribution is 0.289. The largest absolute Gasteiger partial charge is 0.485 e. The fourth-order valence-corrected chi connectivity index (χ4v) is 3.06. The Morgan fingerprint density at radius 1 is 1.14 bits per heavy atom. The molecule has 6 nitrogen and oxygen atoms in total. The summed E-state index contributed by atoms with van der Waals surface area (Å²) in [6.07, 6.45) is 1.21. The molecule has 0 aliphatic carbocycles. The van der Waals surface area contributed by atoms with Gasteiger partial charge in [-0.3, -0.25) is 0 Å². The Morgan fingerprint density at radius 3 is 2.57 bits per heavy atom. The third-order valence-electron chi connectivity index (χ3n) is 2.87. The number of hydrogen-bond acceptors (Lipinski definition) is 6. The maximum Gasteiger partial charge on any atom is 0.261 e. The summed E-state index contributed by atoms with van der Waals surface area (Å²) in [5, 5.41) is 4.78. The van der Waals surface area contributed by atoms with Crippen LogP contribution in [0.25, 0.3) is 10.8 Å².